The van der Waals surface area contributed by atoms with Crippen molar-refractivity contribution in [3.63, 3.8) is 0 Å². The van der Waals surface area contributed by atoms with E-state index in [9.17, 15) is 9.18 Å². The van der Waals surface area contributed by atoms with E-state index in [-0.39, 0.29) is 42.1 Å². The molecule has 0 aliphatic carbocycles. The summed E-state index contributed by atoms with van der Waals surface area (Å²) in [5, 5.41) is 10.7. The molecule has 180 valence electrons. The zero-order valence-corrected chi connectivity index (χ0v) is 19.0. The SMILES string of the molecule is CC(C)n1cnnc1-c1cccc(NC(=O)c2cc3c(cc2F)OCCOCCOCCO3)n1. The van der Waals surface area contributed by atoms with Crippen molar-refractivity contribution in [1.29, 1.82) is 0 Å². The van der Waals surface area contributed by atoms with Crippen LogP contribution in [0, 0.1) is 5.82 Å². The van der Waals surface area contributed by atoms with E-state index in [0.717, 1.165) is 6.07 Å². The molecule has 2 aromatic heterocycles. The van der Waals surface area contributed by atoms with Crippen molar-refractivity contribution in [2.45, 2.75) is 19.9 Å². The van der Waals surface area contributed by atoms with Gasteiger partial charge < -0.3 is 28.8 Å². The highest BCUT2D eigenvalue weighted by Gasteiger charge is 2.20. The predicted octanol–water partition coefficient (Wildman–Crippen LogP) is 3.12. The topological polar surface area (TPSA) is 110 Å². The number of carbonyl (C=O) groups is 1. The Morgan fingerprint density at radius 3 is 2.41 bits per heavy atom. The highest BCUT2D eigenvalue weighted by molar-refractivity contribution is 6.04. The van der Waals surface area contributed by atoms with Crippen molar-refractivity contribution in [3.8, 4) is 23.0 Å². The molecular formula is C23H26FN5O5. The molecule has 11 heteroatoms. The average molecular weight is 471 g/mol. The Kier molecular flexibility index (Phi) is 7.65. The van der Waals surface area contributed by atoms with Crippen LogP contribution in [0.1, 0.15) is 30.2 Å². The highest BCUT2D eigenvalue weighted by Crippen LogP contribution is 2.31. The Labute approximate surface area is 196 Å². The number of hydrogen-bond acceptors (Lipinski definition) is 8. The maximum Gasteiger partial charge on any atom is 0.259 e. The number of nitrogens with zero attached hydrogens (tertiary/aromatic N) is 4. The van der Waals surface area contributed by atoms with E-state index in [2.05, 4.69) is 20.5 Å². The molecule has 0 unspecified atom stereocenters. The van der Waals surface area contributed by atoms with Gasteiger partial charge in [0.15, 0.2) is 17.3 Å². The fraction of sp³-hybridized carbons (Fsp3) is 0.391. The van der Waals surface area contributed by atoms with Gasteiger partial charge in [-0.2, -0.15) is 0 Å². The molecule has 0 radical (unpaired) electrons. The summed E-state index contributed by atoms with van der Waals surface area (Å²) in [5.41, 5.74) is 0.324. The second-order valence-corrected chi connectivity index (χ2v) is 7.72. The van der Waals surface area contributed by atoms with Crippen molar-refractivity contribution >= 4 is 11.7 Å². The Bertz CT molecular complexity index is 1140. The van der Waals surface area contributed by atoms with E-state index in [1.165, 1.54) is 6.07 Å². The molecule has 0 bridgehead atoms. The third-order valence-electron chi connectivity index (χ3n) is 4.97. The molecule has 3 aromatic rings. The van der Waals surface area contributed by atoms with Gasteiger partial charge in [0.2, 0.25) is 0 Å². The average Bonchev–Trinajstić information content (AvgIpc) is 3.31. The molecular weight excluding hydrogens is 445 g/mol. The van der Waals surface area contributed by atoms with E-state index in [0.29, 0.717) is 37.9 Å². The molecule has 0 saturated heterocycles. The number of nitrogens with one attached hydrogen (secondary N) is 1. The summed E-state index contributed by atoms with van der Waals surface area (Å²) in [5.74, 6) is -0.192. The van der Waals surface area contributed by atoms with Gasteiger partial charge in [0.1, 0.15) is 36.9 Å². The normalized spacial score (nSPS) is 14.8. The number of rotatable bonds is 4. The minimum absolute atomic E-state index is 0.129. The van der Waals surface area contributed by atoms with Crippen LogP contribution < -0.4 is 14.8 Å². The smallest absolute Gasteiger partial charge is 0.259 e. The molecule has 3 heterocycles. The van der Waals surface area contributed by atoms with Crippen LogP contribution in [0.25, 0.3) is 11.5 Å². The number of anilines is 1. The quantitative estimate of drug-likeness (QED) is 0.618. The molecule has 0 saturated carbocycles. The molecule has 1 aliphatic rings. The van der Waals surface area contributed by atoms with E-state index < -0.39 is 11.7 Å². The lowest BCUT2D eigenvalue weighted by Gasteiger charge is -2.16. The number of halogens is 1. The van der Waals surface area contributed by atoms with Crippen LogP contribution in [0.3, 0.4) is 0 Å². The molecule has 4 rings (SSSR count). The van der Waals surface area contributed by atoms with E-state index in [1.807, 2.05) is 18.4 Å². The van der Waals surface area contributed by atoms with Crippen LogP contribution in [0.4, 0.5) is 10.2 Å². The summed E-state index contributed by atoms with van der Waals surface area (Å²) in [6, 6.07) is 7.67. The Morgan fingerprint density at radius 1 is 1.03 bits per heavy atom. The van der Waals surface area contributed by atoms with Gasteiger partial charge in [-0.1, -0.05) is 6.07 Å². The summed E-state index contributed by atoms with van der Waals surface area (Å²) in [6.45, 7) is 5.93. The lowest BCUT2D eigenvalue weighted by molar-refractivity contribution is 0.0222. The largest absolute Gasteiger partial charge is 0.487 e. The summed E-state index contributed by atoms with van der Waals surface area (Å²) in [4.78, 5) is 17.4. The molecule has 0 fully saturated rings. The number of ether oxygens (including phenoxy) is 4. The molecule has 1 N–H and O–H groups in total. The first-order valence-electron chi connectivity index (χ1n) is 11.0. The number of fused-ring (bicyclic) bond motifs is 1. The Morgan fingerprint density at radius 2 is 1.71 bits per heavy atom. The molecule has 1 amide bonds. The lowest BCUT2D eigenvalue weighted by Crippen LogP contribution is -2.18. The van der Waals surface area contributed by atoms with Crippen LogP contribution >= 0.6 is 0 Å². The highest BCUT2D eigenvalue weighted by atomic mass is 19.1. The van der Waals surface area contributed by atoms with Crippen molar-refractivity contribution < 1.29 is 28.1 Å². The van der Waals surface area contributed by atoms with Crippen LogP contribution in [0.5, 0.6) is 11.5 Å². The zero-order valence-electron chi connectivity index (χ0n) is 19.0. The fourth-order valence-corrected chi connectivity index (χ4v) is 3.29. The first-order valence-corrected chi connectivity index (χ1v) is 11.0. The Hall–Kier alpha value is -3.57. The van der Waals surface area contributed by atoms with E-state index in [4.69, 9.17) is 18.9 Å². The third-order valence-corrected chi connectivity index (χ3v) is 4.97. The number of carbonyl (C=O) groups excluding carboxylic acids is 1. The first kappa shape index (κ1) is 23.6. The van der Waals surface area contributed by atoms with Crippen molar-refractivity contribution in [3.05, 3.63) is 48.0 Å². The van der Waals surface area contributed by atoms with Crippen LogP contribution in [0.15, 0.2) is 36.7 Å². The molecule has 1 aromatic carbocycles. The standard InChI is InChI=1S/C23H26FN5O5/c1-15(2)29-14-25-28-22(29)18-4-3-5-21(26-18)27-23(30)16-12-19-20(13-17(16)24)34-11-9-32-7-6-31-8-10-33-19/h3-5,12-15H,6-11H2,1-2H3,(H,26,27,30). The number of benzene rings is 1. The number of aromatic nitrogens is 4. The lowest BCUT2D eigenvalue weighted by atomic mass is 10.1. The number of pyridine rings is 1. The monoisotopic (exact) mass is 471 g/mol. The van der Waals surface area contributed by atoms with Crippen LogP contribution in [0.2, 0.25) is 0 Å². The molecule has 0 atom stereocenters. The van der Waals surface area contributed by atoms with E-state index >= 15 is 0 Å². The van der Waals surface area contributed by atoms with Gasteiger partial charge in [-0.05, 0) is 32.0 Å². The van der Waals surface area contributed by atoms with Crippen molar-refractivity contribution in [2.24, 2.45) is 0 Å². The zero-order chi connectivity index (χ0) is 23.9. The minimum atomic E-state index is -0.750. The van der Waals surface area contributed by atoms with Crippen LogP contribution in [-0.4, -0.2) is 65.3 Å². The van der Waals surface area contributed by atoms with Gasteiger partial charge in [0, 0.05) is 12.1 Å². The van der Waals surface area contributed by atoms with E-state index in [1.54, 1.807) is 24.5 Å². The van der Waals surface area contributed by atoms with Crippen molar-refractivity contribution in [1.82, 2.24) is 19.7 Å². The van der Waals surface area contributed by atoms with Crippen molar-refractivity contribution in [2.75, 3.05) is 45.0 Å². The minimum Gasteiger partial charge on any atom is -0.487 e. The first-order chi connectivity index (χ1) is 16.5. The van der Waals surface area contributed by atoms with Gasteiger partial charge in [-0.15, -0.1) is 10.2 Å². The number of hydrogen-bond donors (Lipinski definition) is 1. The summed E-state index contributed by atoms with van der Waals surface area (Å²) >= 11 is 0. The van der Waals surface area contributed by atoms with Gasteiger partial charge in [0.25, 0.3) is 5.91 Å². The second-order valence-electron chi connectivity index (χ2n) is 7.72. The number of amides is 1. The Balaban J connectivity index is 1.55. The van der Waals surface area contributed by atoms with Gasteiger partial charge >= 0.3 is 0 Å². The maximum atomic E-state index is 14.8. The van der Waals surface area contributed by atoms with Crippen LogP contribution in [-0.2, 0) is 9.47 Å². The summed E-state index contributed by atoms with van der Waals surface area (Å²) in [6.07, 6.45) is 1.62. The summed E-state index contributed by atoms with van der Waals surface area (Å²) < 4.78 is 38.8. The second kappa shape index (κ2) is 11.0. The molecule has 34 heavy (non-hydrogen) atoms. The van der Waals surface area contributed by atoms with Gasteiger partial charge in [0.05, 0.1) is 32.0 Å². The van der Waals surface area contributed by atoms with Gasteiger partial charge in [-0.25, -0.2) is 9.37 Å². The summed E-state index contributed by atoms with van der Waals surface area (Å²) in [7, 11) is 0. The predicted molar refractivity (Wildman–Crippen MR) is 121 cm³/mol. The third kappa shape index (κ3) is 5.67. The van der Waals surface area contributed by atoms with Gasteiger partial charge in [-0.3, -0.25) is 4.79 Å². The molecule has 10 nitrogen and oxygen atoms in total. The molecule has 0 spiro atoms. The molecule has 1 aliphatic heterocycles. The fourth-order valence-electron chi connectivity index (χ4n) is 3.29. The maximum absolute atomic E-state index is 14.8.